The molecular weight excluding hydrogens is 466 g/mol. The predicted octanol–water partition coefficient (Wildman–Crippen LogP) is 4.75. The van der Waals surface area contributed by atoms with Crippen LogP contribution in [0, 0.1) is 5.92 Å². The molecule has 0 bridgehead atoms. The molecule has 0 aromatic heterocycles. The van der Waals surface area contributed by atoms with Crippen molar-refractivity contribution in [3.8, 4) is 0 Å². The number of nitrogens with one attached hydrogen (secondary N) is 3. The summed E-state index contributed by atoms with van der Waals surface area (Å²) in [6.45, 7) is 4.00. The molecule has 2 aromatic rings. The van der Waals surface area contributed by atoms with Crippen LogP contribution >= 0.6 is 11.6 Å². The van der Waals surface area contributed by atoms with Crippen LogP contribution in [0.1, 0.15) is 56.3 Å². The van der Waals surface area contributed by atoms with Gasteiger partial charge in [-0.1, -0.05) is 44.4 Å². The van der Waals surface area contributed by atoms with Crippen LogP contribution in [-0.4, -0.2) is 36.0 Å². The summed E-state index contributed by atoms with van der Waals surface area (Å²) < 4.78 is 0. The van der Waals surface area contributed by atoms with Crippen LogP contribution in [0.5, 0.6) is 0 Å². The third-order valence-corrected chi connectivity index (χ3v) is 6.75. The molecule has 1 fully saturated rings. The fourth-order valence-electron chi connectivity index (χ4n) is 4.74. The van der Waals surface area contributed by atoms with E-state index in [1.54, 1.807) is 42.5 Å². The maximum atomic E-state index is 13.4. The van der Waals surface area contributed by atoms with Crippen LogP contribution in [-0.2, 0) is 4.79 Å². The van der Waals surface area contributed by atoms with Gasteiger partial charge in [0.2, 0.25) is 5.91 Å². The summed E-state index contributed by atoms with van der Waals surface area (Å²) in [5.41, 5.74) is 8.05. The van der Waals surface area contributed by atoms with Crippen LogP contribution < -0.4 is 26.6 Å². The van der Waals surface area contributed by atoms with Crippen molar-refractivity contribution in [1.29, 1.82) is 0 Å². The van der Waals surface area contributed by atoms with Crippen molar-refractivity contribution in [2.24, 2.45) is 11.7 Å². The van der Waals surface area contributed by atoms with E-state index >= 15 is 0 Å². The number of urea groups is 1. The molecule has 2 aromatic carbocycles. The molecule has 2 aliphatic rings. The van der Waals surface area contributed by atoms with Gasteiger partial charge in [-0.05, 0) is 61.6 Å². The van der Waals surface area contributed by atoms with Crippen LogP contribution in [0.3, 0.4) is 0 Å². The molecule has 186 valence electrons. The summed E-state index contributed by atoms with van der Waals surface area (Å²) in [7, 11) is 0. The zero-order valence-corrected chi connectivity index (χ0v) is 20.8. The maximum Gasteiger partial charge on any atom is 0.327 e. The van der Waals surface area contributed by atoms with E-state index in [0.717, 1.165) is 25.7 Å². The van der Waals surface area contributed by atoms with E-state index in [1.807, 2.05) is 13.8 Å². The minimum Gasteiger partial charge on any atom is -0.348 e. The molecule has 1 aliphatic carbocycles. The minimum absolute atomic E-state index is 0.0625. The molecule has 3 unspecified atom stereocenters. The number of amides is 4. The molecule has 1 heterocycles. The van der Waals surface area contributed by atoms with Gasteiger partial charge >= 0.3 is 6.03 Å². The lowest BCUT2D eigenvalue weighted by molar-refractivity contribution is -0.117. The minimum atomic E-state index is -0.693. The molecule has 1 aliphatic heterocycles. The summed E-state index contributed by atoms with van der Waals surface area (Å²) in [6, 6.07) is 10.6. The molecule has 0 radical (unpaired) electrons. The molecule has 1 saturated carbocycles. The summed E-state index contributed by atoms with van der Waals surface area (Å²) in [5.74, 6) is -0.360. The summed E-state index contributed by atoms with van der Waals surface area (Å²) in [4.78, 5) is 40.9. The smallest absolute Gasteiger partial charge is 0.327 e. The topological polar surface area (TPSA) is 117 Å². The second-order valence-electron chi connectivity index (χ2n) is 9.71. The van der Waals surface area contributed by atoms with Gasteiger partial charge in [-0.25, -0.2) is 4.79 Å². The third kappa shape index (κ3) is 5.77. The molecule has 0 saturated heterocycles. The molecular formula is C26H32ClN5O3. The van der Waals surface area contributed by atoms with Crippen molar-refractivity contribution in [2.45, 2.75) is 64.1 Å². The maximum absolute atomic E-state index is 13.4. The van der Waals surface area contributed by atoms with Gasteiger partial charge in [0.25, 0.3) is 5.91 Å². The van der Waals surface area contributed by atoms with Crippen molar-refractivity contribution in [2.75, 3.05) is 15.5 Å². The van der Waals surface area contributed by atoms with Gasteiger partial charge in [-0.2, -0.15) is 0 Å². The predicted molar refractivity (Wildman–Crippen MR) is 139 cm³/mol. The normalized spacial score (nSPS) is 21.8. The number of hydrogen-bond donors (Lipinski definition) is 4. The Balaban J connectivity index is 1.61. The molecule has 4 rings (SSSR count). The Hall–Kier alpha value is -3.10. The van der Waals surface area contributed by atoms with E-state index in [9.17, 15) is 14.4 Å². The van der Waals surface area contributed by atoms with Crippen LogP contribution in [0.25, 0.3) is 0 Å². The van der Waals surface area contributed by atoms with E-state index in [0.29, 0.717) is 34.1 Å². The summed E-state index contributed by atoms with van der Waals surface area (Å²) in [5, 5.41) is 9.26. The molecule has 5 N–H and O–H groups in total. The Morgan fingerprint density at radius 2 is 1.94 bits per heavy atom. The molecule has 35 heavy (non-hydrogen) atoms. The van der Waals surface area contributed by atoms with Gasteiger partial charge in [0.05, 0.1) is 11.4 Å². The molecule has 3 atom stereocenters. The third-order valence-electron chi connectivity index (χ3n) is 6.52. The molecule has 9 heteroatoms. The van der Waals surface area contributed by atoms with E-state index in [-0.39, 0.29) is 29.8 Å². The highest BCUT2D eigenvalue weighted by Gasteiger charge is 2.38. The zero-order chi connectivity index (χ0) is 25.1. The van der Waals surface area contributed by atoms with Gasteiger partial charge in [-0.3, -0.25) is 14.5 Å². The number of carbonyl (C=O) groups excluding carboxylic acids is 3. The highest BCUT2D eigenvalue weighted by molar-refractivity contribution is 6.31. The number of nitrogens with zero attached hydrogens (tertiary/aromatic N) is 1. The highest BCUT2D eigenvalue weighted by atomic mass is 35.5. The molecule has 0 spiro atoms. The van der Waals surface area contributed by atoms with Crippen LogP contribution in [0.2, 0.25) is 5.02 Å². The van der Waals surface area contributed by atoms with Gasteiger partial charge < -0.3 is 21.7 Å². The van der Waals surface area contributed by atoms with E-state index < -0.39 is 12.1 Å². The number of anilines is 3. The monoisotopic (exact) mass is 497 g/mol. The number of hydrogen-bond acceptors (Lipinski definition) is 4. The number of carbonyl (C=O) groups is 3. The molecule has 4 amide bonds. The van der Waals surface area contributed by atoms with E-state index in [4.69, 9.17) is 17.3 Å². The standard InChI is InChI=1S/C26H32ClN5O3/c1-15(2)12-23-25(34)31-21-13-16(24(33)30-20-9-4-3-8-19(20)28)10-11-22(21)32(23)26(35)29-18-7-5-6-17(27)14-18/h5-7,10-11,13-15,19-20,23H,3-4,8-9,12,28H2,1-2H3,(H,29,35)(H,30,33)(H,31,34). The number of fused-ring (bicyclic) bond motifs is 1. The average Bonchev–Trinajstić information content (AvgIpc) is 2.80. The van der Waals surface area contributed by atoms with Crippen LogP contribution in [0.15, 0.2) is 42.5 Å². The fourth-order valence-corrected chi connectivity index (χ4v) is 4.93. The lowest BCUT2D eigenvalue weighted by Gasteiger charge is -2.37. The number of halogens is 1. The van der Waals surface area contributed by atoms with E-state index in [2.05, 4.69) is 16.0 Å². The Morgan fingerprint density at radius 3 is 2.66 bits per heavy atom. The second kappa shape index (κ2) is 10.7. The Labute approximate surface area is 210 Å². The first-order chi connectivity index (χ1) is 16.7. The Bertz CT molecular complexity index is 1120. The fraction of sp³-hybridized carbons (Fsp3) is 0.423. The van der Waals surface area contributed by atoms with Gasteiger partial charge in [0.15, 0.2) is 0 Å². The first-order valence-electron chi connectivity index (χ1n) is 12.1. The SMILES string of the molecule is CC(C)CC1C(=O)Nc2cc(C(=O)NC3CCCCC3N)ccc2N1C(=O)Nc1cccc(Cl)c1. The van der Waals surface area contributed by atoms with E-state index in [1.165, 1.54) is 4.90 Å². The van der Waals surface area contributed by atoms with Crippen molar-refractivity contribution in [1.82, 2.24) is 5.32 Å². The van der Waals surface area contributed by atoms with Crippen molar-refractivity contribution < 1.29 is 14.4 Å². The highest BCUT2D eigenvalue weighted by Crippen LogP contribution is 2.35. The second-order valence-corrected chi connectivity index (χ2v) is 10.1. The largest absolute Gasteiger partial charge is 0.348 e. The average molecular weight is 498 g/mol. The lowest BCUT2D eigenvalue weighted by Crippen LogP contribution is -2.53. The van der Waals surface area contributed by atoms with Crippen molar-refractivity contribution >= 4 is 46.5 Å². The molecule has 8 nitrogen and oxygen atoms in total. The first kappa shape index (κ1) is 25.0. The van der Waals surface area contributed by atoms with Gasteiger partial charge in [0, 0.05) is 28.4 Å². The van der Waals surface area contributed by atoms with Gasteiger partial charge in [0.1, 0.15) is 6.04 Å². The quantitative estimate of drug-likeness (QED) is 0.477. The van der Waals surface area contributed by atoms with Gasteiger partial charge in [-0.15, -0.1) is 0 Å². The number of rotatable bonds is 5. The lowest BCUT2D eigenvalue weighted by atomic mass is 9.91. The summed E-state index contributed by atoms with van der Waals surface area (Å²) >= 11 is 6.07. The number of benzene rings is 2. The van der Waals surface area contributed by atoms with Crippen LogP contribution in [0.4, 0.5) is 21.9 Å². The van der Waals surface area contributed by atoms with Crippen molar-refractivity contribution in [3.63, 3.8) is 0 Å². The first-order valence-corrected chi connectivity index (χ1v) is 12.5. The Morgan fingerprint density at radius 1 is 1.17 bits per heavy atom. The van der Waals surface area contributed by atoms with Crippen molar-refractivity contribution in [3.05, 3.63) is 53.1 Å². The Kier molecular flexibility index (Phi) is 7.62. The zero-order valence-electron chi connectivity index (χ0n) is 20.0. The number of nitrogens with two attached hydrogens (primary N) is 1. The summed E-state index contributed by atoms with van der Waals surface area (Å²) in [6.07, 6.45) is 4.33.